The summed E-state index contributed by atoms with van der Waals surface area (Å²) in [5.74, 6) is -1.78. The molecular weight excluding hydrogens is 279 g/mol. The molecule has 0 bridgehead atoms. The van der Waals surface area contributed by atoms with Gasteiger partial charge >= 0.3 is 6.18 Å². The molecule has 2 rings (SSSR count). The lowest BCUT2D eigenvalue weighted by Gasteiger charge is -2.13. The number of rotatable bonds is 4. The molecule has 0 N–H and O–H groups in total. The summed E-state index contributed by atoms with van der Waals surface area (Å²) in [6.45, 7) is -0.00685. The summed E-state index contributed by atoms with van der Waals surface area (Å²) < 4.78 is 35.9. The van der Waals surface area contributed by atoms with Crippen LogP contribution in [0.5, 0.6) is 0 Å². The third-order valence-corrected chi connectivity index (χ3v) is 3.61. The van der Waals surface area contributed by atoms with Crippen LogP contribution < -0.4 is 0 Å². The summed E-state index contributed by atoms with van der Waals surface area (Å²) in [6, 6.07) is 6.37. The normalized spacial score (nSPS) is 15.0. The zero-order valence-electron chi connectivity index (χ0n) is 9.74. The summed E-state index contributed by atoms with van der Waals surface area (Å²) >= 11 is 0.659. The van der Waals surface area contributed by atoms with Crippen molar-refractivity contribution in [2.24, 2.45) is 0 Å². The number of halogens is 3. The van der Waals surface area contributed by atoms with E-state index in [4.69, 9.17) is 0 Å². The Morgan fingerprint density at radius 3 is 2.05 bits per heavy atom. The molecular formula is C12H10F3NO2S. The van der Waals surface area contributed by atoms with Crippen LogP contribution in [0.2, 0.25) is 0 Å². The van der Waals surface area contributed by atoms with Gasteiger partial charge in [0.05, 0.1) is 16.9 Å². The minimum atomic E-state index is -4.23. The zero-order valence-corrected chi connectivity index (χ0v) is 10.6. The average Bonchev–Trinajstić information content (AvgIpc) is 2.58. The Labute approximate surface area is 111 Å². The van der Waals surface area contributed by atoms with E-state index in [1.165, 1.54) is 0 Å². The first-order valence-corrected chi connectivity index (χ1v) is 6.65. The van der Waals surface area contributed by atoms with Gasteiger partial charge in [0.25, 0.3) is 11.8 Å². The van der Waals surface area contributed by atoms with Gasteiger partial charge in [0.2, 0.25) is 0 Å². The van der Waals surface area contributed by atoms with Crippen molar-refractivity contribution in [1.82, 2.24) is 4.90 Å². The maximum atomic E-state index is 12.0. The van der Waals surface area contributed by atoms with Crippen LogP contribution >= 0.6 is 11.8 Å². The lowest BCUT2D eigenvalue weighted by atomic mass is 10.1. The first-order chi connectivity index (χ1) is 8.90. The number of fused-ring (bicyclic) bond motifs is 1. The molecule has 0 fully saturated rings. The second-order valence-electron chi connectivity index (χ2n) is 3.98. The van der Waals surface area contributed by atoms with Crippen molar-refractivity contribution in [3.63, 3.8) is 0 Å². The smallest absolute Gasteiger partial charge is 0.274 e. The molecule has 1 aliphatic rings. The minimum Gasteiger partial charge on any atom is -0.274 e. The third kappa shape index (κ3) is 3.09. The topological polar surface area (TPSA) is 37.4 Å². The largest absolute Gasteiger partial charge is 0.397 e. The fourth-order valence-corrected chi connectivity index (χ4v) is 2.47. The number of thioether (sulfide) groups is 1. The van der Waals surface area contributed by atoms with Crippen molar-refractivity contribution in [3.05, 3.63) is 35.4 Å². The standard InChI is InChI=1S/C12H10F3NO2S/c13-12(14,15)7-19-6-5-16-10(17)8-3-1-2-4-9(8)11(16)18/h1-4H,5-7H2. The van der Waals surface area contributed by atoms with E-state index >= 15 is 0 Å². The lowest BCUT2D eigenvalue weighted by Crippen LogP contribution is -2.32. The van der Waals surface area contributed by atoms with Gasteiger partial charge in [0, 0.05) is 12.3 Å². The van der Waals surface area contributed by atoms with Gasteiger partial charge in [0.15, 0.2) is 0 Å². The van der Waals surface area contributed by atoms with Crippen molar-refractivity contribution >= 4 is 23.6 Å². The van der Waals surface area contributed by atoms with Crippen LogP contribution in [-0.4, -0.2) is 40.9 Å². The molecule has 2 amide bonds. The first kappa shape index (κ1) is 13.9. The fourth-order valence-electron chi connectivity index (χ4n) is 1.79. The van der Waals surface area contributed by atoms with E-state index in [0.29, 0.717) is 22.9 Å². The minimum absolute atomic E-state index is 0.00685. The number of hydrogen-bond donors (Lipinski definition) is 0. The summed E-state index contributed by atoms with van der Waals surface area (Å²) in [7, 11) is 0. The van der Waals surface area contributed by atoms with Gasteiger partial charge in [-0.15, -0.1) is 0 Å². The Morgan fingerprint density at radius 2 is 1.58 bits per heavy atom. The molecule has 1 heterocycles. The number of carbonyl (C=O) groups is 2. The Bertz CT molecular complexity index is 481. The Morgan fingerprint density at radius 1 is 1.05 bits per heavy atom. The second-order valence-corrected chi connectivity index (χ2v) is 5.08. The van der Waals surface area contributed by atoms with Crippen LogP contribution in [-0.2, 0) is 0 Å². The van der Waals surface area contributed by atoms with Crippen LogP contribution in [0.1, 0.15) is 20.7 Å². The van der Waals surface area contributed by atoms with Crippen LogP contribution in [0.15, 0.2) is 24.3 Å². The number of benzene rings is 1. The molecule has 0 saturated heterocycles. The highest BCUT2D eigenvalue weighted by Crippen LogP contribution is 2.24. The SMILES string of the molecule is O=C1c2ccccc2C(=O)N1CCSCC(F)(F)F. The van der Waals surface area contributed by atoms with Gasteiger partial charge in [-0.1, -0.05) is 12.1 Å². The molecule has 0 unspecified atom stereocenters. The van der Waals surface area contributed by atoms with Crippen LogP contribution in [0.25, 0.3) is 0 Å². The van der Waals surface area contributed by atoms with E-state index < -0.39 is 23.7 Å². The molecule has 102 valence electrons. The van der Waals surface area contributed by atoms with E-state index in [2.05, 4.69) is 0 Å². The first-order valence-electron chi connectivity index (χ1n) is 5.50. The molecule has 1 aromatic rings. The Balaban J connectivity index is 1.94. The number of alkyl halides is 3. The zero-order chi connectivity index (χ0) is 14.0. The van der Waals surface area contributed by atoms with Crippen LogP contribution in [0, 0.1) is 0 Å². The molecule has 0 spiro atoms. The van der Waals surface area contributed by atoms with Crippen LogP contribution in [0.4, 0.5) is 13.2 Å². The maximum Gasteiger partial charge on any atom is 0.397 e. The van der Waals surface area contributed by atoms with Gasteiger partial charge in [-0.25, -0.2) is 0 Å². The van der Waals surface area contributed by atoms with Crippen molar-refractivity contribution in [1.29, 1.82) is 0 Å². The monoisotopic (exact) mass is 289 g/mol. The van der Waals surface area contributed by atoms with Crippen molar-refractivity contribution in [2.75, 3.05) is 18.1 Å². The third-order valence-electron chi connectivity index (χ3n) is 2.60. The number of carbonyl (C=O) groups excluding carboxylic acids is 2. The molecule has 0 radical (unpaired) electrons. The van der Waals surface area contributed by atoms with E-state index in [1.54, 1.807) is 24.3 Å². The van der Waals surface area contributed by atoms with Gasteiger partial charge in [-0.05, 0) is 12.1 Å². The van der Waals surface area contributed by atoms with Crippen molar-refractivity contribution in [3.8, 4) is 0 Å². The van der Waals surface area contributed by atoms with E-state index in [9.17, 15) is 22.8 Å². The number of hydrogen-bond acceptors (Lipinski definition) is 3. The Hall–Kier alpha value is -1.50. The molecule has 1 aliphatic heterocycles. The predicted octanol–water partition coefficient (Wildman–Crippen LogP) is 2.58. The fraction of sp³-hybridized carbons (Fsp3) is 0.333. The number of nitrogens with zero attached hydrogens (tertiary/aromatic N) is 1. The van der Waals surface area contributed by atoms with Crippen molar-refractivity contribution in [2.45, 2.75) is 6.18 Å². The summed E-state index contributed by atoms with van der Waals surface area (Å²) in [4.78, 5) is 24.7. The second kappa shape index (κ2) is 5.24. The quantitative estimate of drug-likeness (QED) is 0.631. The average molecular weight is 289 g/mol. The molecule has 1 aromatic carbocycles. The van der Waals surface area contributed by atoms with Gasteiger partial charge in [-0.2, -0.15) is 24.9 Å². The molecule has 3 nitrogen and oxygen atoms in total. The van der Waals surface area contributed by atoms with E-state index in [0.717, 1.165) is 4.90 Å². The number of imide groups is 1. The summed E-state index contributed by atoms with van der Waals surface area (Å²) in [6.07, 6.45) is -4.23. The Kier molecular flexibility index (Phi) is 3.84. The highest BCUT2D eigenvalue weighted by Gasteiger charge is 2.35. The van der Waals surface area contributed by atoms with E-state index in [-0.39, 0.29) is 12.3 Å². The van der Waals surface area contributed by atoms with Crippen molar-refractivity contribution < 1.29 is 22.8 Å². The lowest BCUT2D eigenvalue weighted by molar-refractivity contribution is -0.105. The molecule has 19 heavy (non-hydrogen) atoms. The maximum absolute atomic E-state index is 12.0. The van der Waals surface area contributed by atoms with Gasteiger partial charge in [-0.3, -0.25) is 14.5 Å². The van der Waals surface area contributed by atoms with Gasteiger partial charge in [0.1, 0.15) is 0 Å². The highest BCUT2D eigenvalue weighted by molar-refractivity contribution is 7.99. The molecule has 0 atom stereocenters. The predicted molar refractivity (Wildman–Crippen MR) is 65.2 cm³/mol. The van der Waals surface area contributed by atoms with E-state index in [1.807, 2.05) is 0 Å². The molecule has 7 heteroatoms. The number of amides is 2. The summed E-state index contributed by atoms with van der Waals surface area (Å²) in [5.41, 5.74) is 0.627. The highest BCUT2D eigenvalue weighted by atomic mass is 32.2. The van der Waals surface area contributed by atoms with Crippen LogP contribution in [0.3, 0.4) is 0 Å². The summed E-state index contributed by atoms with van der Waals surface area (Å²) in [5, 5.41) is 0. The molecule has 0 aliphatic carbocycles. The molecule has 0 saturated carbocycles. The molecule has 0 aromatic heterocycles. The van der Waals surface area contributed by atoms with Gasteiger partial charge < -0.3 is 0 Å².